The fourth-order valence-corrected chi connectivity index (χ4v) is 3.83. The molecule has 158 valence electrons. The van der Waals surface area contributed by atoms with Crippen LogP contribution in [0, 0.1) is 0 Å². The van der Waals surface area contributed by atoms with Crippen molar-refractivity contribution in [2.45, 2.75) is 37.8 Å². The first-order valence-electron chi connectivity index (χ1n) is 10.2. The summed E-state index contributed by atoms with van der Waals surface area (Å²) in [5.74, 6) is 0. The number of hydrogen-bond donors (Lipinski definition) is 2. The van der Waals surface area contributed by atoms with Gasteiger partial charge in [-0.25, -0.2) is 0 Å². The molecule has 9 heteroatoms. The van der Waals surface area contributed by atoms with Crippen molar-refractivity contribution in [2.24, 2.45) is 0 Å². The molecule has 0 spiro atoms. The lowest BCUT2D eigenvalue weighted by Gasteiger charge is -2.09. The van der Waals surface area contributed by atoms with E-state index in [4.69, 9.17) is 0 Å². The molecular weight excluding hydrogens is 400 g/mol. The van der Waals surface area contributed by atoms with E-state index in [1.807, 2.05) is 24.3 Å². The number of aromatic nitrogens is 4. The zero-order chi connectivity index (χ0) is 21.7. The Morgan fingerprint density at radius 2 is 1.19 bits per heavy atom. The Labute approximate surface area is 174 Å². The fourth-order valence-electron chi connectivity index (χ4n) is 3.83. The first-order valence-corrected chi connectivity index (χ1v) is 10.2. The summed E-state index contributed by atoms with van der Waals surface area (Å²) in [5, 5.41) is 9.56. The minimum Gasteiger partial charge on any atom is -0.425 e. The highest BCUT2D eigenvalue weighted by molar-refractivity contribution is 5.75. The predicted molar refractivity (Wildman–Crippen MR) is 115 cm³/mol. The molecule has 2 heterocycles. The highest BCUT2D eigenvalue weighted by atomic mass is 16.5. The molecule has 0 amide bonds. The molecule has 0 bridgehead atoms. The van der Waals surface area contributed by atoms with Crippen LogP contribution in [0.5, 0.6) is 0 Å². The summed E-state index contributed by atoms with van der Waals surface area (Å²) < 4.78 is 3.54. The van der Waals surface area contributed by atoms with Crippen molar-refractivity contribution in [3.8, 4) is 0 Å². The summed E-state index contributed by atoms with van der Waals surface area (Å²) in [6.07, 6.45) is 3.82. The largest absolute Gasteiger partial charge is 0.425 e. The fraction of sp³-hybridized carbons (Fsp3) is 0.273. The molecule has 2 fully saturated rings. The van der Waals surface area contributed by atoms with Gasteiger partial charge in [0.2, 0.25) is 0 Å². The first-order chi connectivity index (χ1) is 15.0. The second kappa shape index (κ2) is 7.12. The van der Waals surface area contributed by atoms with E-state index in [0.717, 1.165) is 36.7 Å². The minimum absolute atomic E-state index is 0.117. The van der Waals surface area contributed by atoms with Crippen LogP contribution in [-0.2, 0) is 0 Å². The number of aromatic amines is 1. The molecule has 9 nitrogen and oxygen atoms in total. The van der Waals surface area contributed by atoms with Gasteiger partial charge < -0.3 is 10.2 Å². The number of para-hydroxylation sites is 4. The van der Waals surface area contributed by atoms with Gasteiger partial charge in [-0.1, -0.05) is 24.3 Å². The molecular formula is C22H20N4O5. The van der Waals surface area contributed by atoms with Crippen molar-refractivity contribution in [1.29, 1.82) is 0 Å². The first kappa shape index (κ1) is 19.1. The van der Waals surface area contributed by atoms with E-state index < -0.39 is 22.2 Å². The van der Waals surface area contributed by atoms with Gasteiger partial charge >= 0.3 is 22.2 Å². The van der Waals surface area contributed by atoms with Crippen LogP contribution < -0.4 is 22.2 Å². The Balaban J connectivity index is 0.000000132. The van der Waals surface area contributed by atoms with E-state index in [1.165, 1.54) is 4.57 Å². The lowest BCUT2D eigenvalue weighted by molar-refractivity contribution is 0.185. The monoisotopic (exact) mass is 420 g/mol. The van der Waals surface area contributed by atoms with E-state index in [1.54, 1.807) is 28.8 Å². The lowest BCUT2D eigenvalue weighted by atomic mass is 10.3. The molecule has 2 N–H and O–H groups in total. The van der Waals surface area contributed by atoms with Crippen molar-refractivity contribution in [3.05, 3.63) is 89.9 Å². The Kier molecular flexibility index (Phi) is 4.39. The van der Waals surface area contributed by atoms with Gasteiger partial charge in [0.1, 0.15) is 5.52 Å². The standard InChI is InChI=1S/C11H10N2O3.C11H10N2O2/c14-10-11(15)13(16)9-4-2-1-3-8(9)12(10)7-5-6-7;14-10-11(15)13(7-5-6-7)9-4-2-1-3-8(9)12-10/h1-4,7,16H,5-6H2;1-4,7H,5-6H2,(H,12,14). The quantitative estimate of drug-likeness (QED) is 0.378. The second-order valence-corrected chi connectivity index (χ2v) is 7.89. The van der Waals surface area contributed by atoms with E-state index in [-0.39, 0.29) is 12.1 Å². The van der Waals surface area contributed by atoms with Crippen LogP contribution in [0.3, 0.4) is 0 Å². The minimum atomic E-state index is -0.884. The molecule has 31 heavy (non-hydrogen) atoms. The lowest BCUT2D eigenvalue weighted by Crippen LogP contribution is -2.40. The zero-order valence-electron chi connectivity index (χ0n) is 16.5. The number of rotatable bonds is 2. The van der Waals surface area contributed by atoms with E-state index in [9.17, 15) is 24.4 Å². The van der Waals surface area contributed by atoms with E-state index in [0.29, 0.717) is 15.8 Å². The van der Waals surface area contributed by atoms with Gasteiger partial charge in [0, 0.05) is 12.1 Å². The molecule has 0 radical (unpaired) electrons. The van der Waals surface area contributed by atoms with E-state index in [2.05, 4.69) is 4.98 Å². The number of nitrogens with zero attached hydrogens (tertiary/aromatic N) is 3. The second-order valence-electron chi connectivity index (χ2n) is 7.89. The third kappa shape index (κ3) is 3.27. The van der Waals surface area contributed by atoms with Crippen molar-refractivity contribution in [1.82, 2.24) is 18.8 Å². The maximum Gasteiger partial charge on any atom is 0.349 e. The van der Waals surface area contributed by atoms with Gasteiger partial charge in [-0.05, 0) is 49.9 Å². The molecule has 6 rings (SSSR count). The molecule has 0 atom stereocenters. The smallest absolute Gasteiger partial charge is 0.349 e. The van der Waals surface area contributed by atoms with Gasteiger partial charge in [0.25, 0.3) is 0 Å². The number of benzene rings is 2. The Morgan fingerprint density at radius 3 is 1.81 bits per heavy atom. The van der Waals surface area contributed by atoms with Crippen molar-refractivity contribution >= 4 is 22.1 Å². The normalized spacial score (nSPS) is 15.6. The number of nitrogens with one attached hydrogen (secondary N) is 1. The van der Waals surface area contributed by atoms with Crippen LogP contribution >= 0.6 is 0 Å². The maximum absolute atomic E-state index is 11.8. The van der Waals surface area contributed by atoms with E-state index >= 15 is 0 Å². The molecule has 0 saturated heterocycles. The number of H-pyrrole nitrogens is 1. The summed E-state index contributed by atoms with van der Waals surface area (Å²) in [5.41, 5.74) is 0.0424. The van der Waals surface area contributed by atoms with Gasteiger partial charge in [0.15, 0.2) is 0 Å². The average molecular weight is 420 g/mol. The van der Waals surface area contributed by atoms with Crippen LogP contribution in [0.4, 0.5) is 0 Å². The highest BCUT2D eigenvalue weighted by Crippen LogP contribution is 2.35. The molecule has 2 aliphatic carbocycles. The average Bonchev–Trinajstić information content (AvgIpc) is 3.68. The van der Waals surface area contributed by atoms with Crippen LogP contribution in [0.15, 0.2) is 67.7 Å². The number of hydrogen-bond acceptors (Lipinski definition) is 5. The third-order valence-electron chi connectivity index (χ3n) is 5.61. The molecule has 2 aromatic heterocycles. The third-order valence-corrected chi connectivity index (χ3v) is 5.61. The van der Waals surface area contributed by atoms with Gasteiger partial charge in [0.05, 0.1) is 16.6 Å². The molecule has 2 aromatic carbocycles. The summed E-state index contributed by atoms with van der Waals surface area (Å²) in [7, 11) is 0. The molecule has 0 aliphatic heterocycles. The maximum atomic E-state index is 11.8. The Bertz CT molecular complexity index is 1550. The van der Waals surface area contributed by atoms with Crippen LogP contribution in [0.1, 0.15) is 37.8 Å². The van der Waals surface area contributed by atoms with Gasteiger partial charge in [-0.15, -0.1) is 4.73 Å². The molecule has 2 aliphatic rings. The van der Waals surface area contributed by atoms with Crippen LogP contribution in [0.2, 0.25) is 0 Å². The summed E-state index contributed by atoms with van der Waals surface area (Å²) in [6.45, 7) is 0. The SMILES string of the molecule is O=c1[nH]c2ccccc2n(C2CC2)c1=O.O=c1c(=O)n(C2CC2)c2ccccc2n1O. The molecule has 0 unspecified atom stereocenters. The molecule has 2 saturated carbocycles. The van der Waals surface area contributed by atoms with Crippen molar-refractivity contribution in [3.63, 3.8) is 0 Å². The van der Waals surface area contributed by atoms with Gasteiger partial charge in [-0.2, -0.15) is 0 Å². The summed E-state index contributed by atoms with van der Waals surface area (Å²) in [6, 6.07) is 14.6. The molecule has 4 aromatic rings. The summed E-state index contributed by atoms with van der Waals surface area (Å²) in [4.78, 5) is 48.9. The van der Waals surface area contributed by atoms with Crippen LogP contribution in [0.25, 0.3) is 22.1 Å². The van der Waals surface area contributed by atoms with Gasteiger partial charge in [-0.3, -0.25) is 28.3 Å². The topological polar surface area (TPSA) is 119 Å². The van der Waals surface area contributed by atoms with Crippen molar-refractivity contribution in [2.75, 3.05) is 0 Å². The zero-order valence-corrected chi connectivity index (χ0v) is 16.5. The van der Waals surface area contributed by atoms with Crippen molar-refractivity contribution < 1.29 is 5.21 Å². The predicted octanol–water partition coefficient (Wildman–Crippen LogP) is 1.76. The highest BCUT2D eigenvalue weighted by Gasteiger charge is 2.28. The Hall–Kier alpha value is -3.88. The number of fused-ring (bicyclic) bond motifs is 2. The summed E-state index contributed by atoms with van der Waals surface area (Å²) >= 11 is 0. The Morgan fingerprint density at radius 1 is 0.677 bits per heavy atom. The van der Waals surface area contributed by atoms with Crippen LogP contribution in [-0.4, -0.2) is 24.1 Å².